The van der Waals surface area contributed by atoms with E-state index in [0.717, 1.165) is 70.6 Å². The van der Waals surface area contributed by atoms with Crippen molar-refractivity contribution < 1.29 is 4.73 Å². The van der Waals surface area contributed by atoms with Gasteiger partial charge < -0.3 is 5.21 Å². The lowest BCUT2D eigenvalue weighted by Gasteiger charge is -2.32. The van der Waals surface area contributed by atoms with Gasteiger partial charge in [-0.05, 0) is 54.3 Å². The molecule has 6 aromatic rings. The summed E-state index contributed by atoms with van der Waals surface area (Å²) in [6.45, 7) is 2.60. The third-order valence-electron chi connectivity index (χ3n) is 7.87. The topological polar surface area (TPSA) is 93.7 Å². The zero-order chi connectivity index (χ0) is 27.1. The van der Waals surface area contributed by atoms with Crippen molar-refractivity contribution in [2.24, 2.45) is 0 Å². The van der Waals surface area contributed by atoms with Crippen LogP contribution in [-0.4, -0.2) is 37.5 Å². The second kappa shape index (κ2) is 10.1. The lowest BCUT2D eigenvalue weighted by Crippen LogP contribution is -2.36. The quantitative estimate of drug-likeness (QED) is 0.249. The van der Waals surface area contributed by atoms with E-state index in [1.165, 1.54) is 11.8 Å². The van der Waals surface area contributed by atoms with Gasteiger partial charge in [0, 0.05) is 48.4 Å². The van der Waals surface area contributed by atoms with Crippen LogP contribution in [0.25, 0.3) is 44.6 Å². The number of hydrogen-bond acceptors (Lipinski definition) is 5. The summed E-state index contributed by atoms with van der Waals surface area (Å²) in [5.74, 6) is 0. The SMILES string of the molecule is O=c1[nH]c2c(ccc[n+]2[O-])n1C1CCN(Cc2ccc(-c3nc4ncccc4cc3-c3ccccc3)cc2)CC1. The molecule has 1 N–H and O–H groups in total. The van der Waals surface area contributed by atoms with Gasteiger partial charge in [-0.2, -0.15) is 4.98 Å². The highest BCUT2D eigenvalue weighted by Crippen LogP contribution is 2.33. The van der Waals surface area contributed by atoms with Crippen molar-refractivity contribution >= 4 is 22.2 Å². The fraction of sp³-hybridized carbons (Fsp3) is 0.188. The van der Waals surface area contributed by atoms with Crippen LogP contribution < -0.4 is 10.4 Å². The Morgan fingerprint density at radius 2 is 1.73 bits per heavy atom. The van der Waals surface area contributed by atoms with E-state index in [-0.39, 0.29) is 11.7 Å². The summed E-state index contributed by atoms with van der Waals surface area (Å²) in [7, 11) is 0. The second-order valence-electron chi connectivity index (χ2n) is 10.4. The van der Waals surface area contributed by atoms with E-state index < -0.39 is 0 Å². The molecule has 40 heavy (non-hydrogen) atoms. The first-order valence-corrected chi connectivity index (χ1v) is 13.6. The van der Waals surface area contributed by atoms with Gasteiger partial charge in [-0.3, -0.25) is 9.47 Å². The molecular formula is C32H28N6O2. The molecule has 198 valence electrons. The highest BCUT2D eigenvalue weighted by Gasteiger charge is 2.26. The Morgan fingerprint density at radius 1 is 0.925 bits per heavy atom. The summed E-state index contributed by atoms with van der Waals surface area (Å²) in [4.78, 5) is 27.2. The average Bonchev–Trinajstić information content (AvgIpc) is 3.35. The predicted octanol–water partition coefficient (Wildman–Crippen LogP) is 5.08. The van der Waals surface area contributed by atoms with E-state index in [4.69, 9.17) is 4.98 Å². The number of rotatable bonds is 5. The number of aromatic amines is 1. The van der Waals surface area contributed by atoms with Gasteiger partial charge in [0.05, 0.1) is 11.9 Å². The van der Waals surface area contributed by atoms with E-state index in [9.17, 15) is 10.0 Å². The number of nitrogens with zero attached hydrogens (tertiary/aromatic N) is 5. The monoisotopic (exact) mass is 528 g/mol. The number of hydrogen-bond donors (Lipinski definition) is 1. The van der Waals surface area contributed by atoms with Gasteiger partial charge in [0.25, 0.3) is 0 Å². The van der Waals surface area contributed by atoms with E-state index in [1.807, 2.05) is 36.4 Å². The van der Waals surface area contributed by atoms with Crippen molar-refractivity contribution in [1.82, 2.24) is 24.4 Å². The van der Waals surface area contributed by atoms with Crippen molar-refractivity contribution in [2.75, 3.05) is 13.1 Å². The fourth-order valence-corrected chi connectivity index (χ4v) is 5.85. The molecule has 8 nitrogen and oxygen atoms in total. The summed E-state index contributed by atoms with van der Waals surface area (Å²) in [5.41, 5.74) is 6.95. The standard InChI is InChI=1S/C32H28N6O2/c39-32-35-31-28(9-5-17-37(31)40)38(32)26-14-18-36(19-15-26)21-22-10-12-24(13-11-22)29-27(23-6-2-1-3-7-23)20-25-8-4-16-33-30(25)34-29/h1-13,16-17,20,26H,14-15,18-19,21H2,(H,35,39). The van der Waals surface area contributed by atoms with E-state index >= 15 is 0 Å². The Bertz CT molecular complexity index is 1870. The molecule has 0 amide bonds. The minimum atomic E-state index is -0.216. The summed E-state index contributed by atoms with van der Waals surface area (Å²) < 4.78 is 2.48. The van der Waals surface area contributed by atoms with Gasteiger partial charge in [-0.15, -0.1) is 0 Å². The van der Waals surface area contributed by atoms with Gasteiger partial charge in [0.1, 0.15) is 5.52 Å². The number of pyridine rings is 3. The Hall–Kier alpha value is -4.82. The molecule has 7 rings (SSSR count). The first kappa shape index (κ1) is 24.2. The molecule has 0 bridgehead atoms. The van der Waals surface area contributed by atoms with Crippen molar-refractivity contribution in [3.8, 4) is 22.4 Å². The number of H-pyrrole nitrogens is 1. The predicted molar refractivity (Wildman–Crippen MR) is 155 cm³/mol. The maximum absolute atomic E-state index is 12.6. The summed E-state index contributed by atoms with van der Waals surface area (Å²) in [6.07, 6.45) is 4.90. The van der Waals surface area contributed by atoms with Crippen molar-refractivity contribution in [1.29, 1.82) is 0 Å². The van der Waals surface area contributed by atoms with Crippen LogP contribution in [0.2, 0.25) is 0 Å². The second-order valence-corrected chi connectivity index (χ2v) is 10.4. The van der Waals surface area contributed by atoms with Crippen LogP contribution in [0, 0.1) is 5.21 Å². The number of nitrogens with one attached hydrogen (secondary N) is 1. The smallest absolute Gasteiger partial charge is 0.414 e. The molecule has 0 atom stereocenters. The molecule has 0 spiro atoms. The number of aromatic nitrogens is 5. The van der Waals surface area contributed by atoms with Crippen LogP contribution in [-0.2, 0) is 6.54 Å². The van der Waals surface area contributed by atoms with Crippen LogP contribution in [0.15, 0.2) is 102 Å². The van der Waals surface area contributed by atoms with Gasteiger partial charge in [0.2, 0.25) is 0 Å². The maximum Gasteiger partial charge on any atom is 0.414 e. The van der Waals surface area contributed by atoms with E-state index in [2.05, 4.69) is 57.3 Å². The zero-order valence-corrected chi connectivity index (χ0v) is 21.9. The molecule has 8 heteroatoms. The van der Waals surface area contributed by atoms with Crippen molar-refractivity contribution in [3.63, 3.8) is 0 Å². The van der Waals surface area contributed by atoms with Crippen molar-refractivity contribution in [3.05, 3.63) is 119 Å². The third kappa shape index (κ3) is 4.42. The maximum atomic E-state index is 12.6. The van der Waals surface area contributed by atoms with Crippen LogP contribution in [0.3, 0.4) is 0 Å². The minimum Gasteiger partial charge on any atom is -0.711 e. The van der Waals surface area contributed by atoms with Gasteiger partial charge in [-0.1, -0.05) is 54.6 Å². The normalized spacial score (nSPS) is 14.7. The molecule has 0 radical (unpaired) electrons. The number of likely N-dealkylation sites (tertiary alicyclic amines) is 1. The first-order chi connectivity index (χ1) is 19.6. The highest BCUT2D eigenvalue weighted by molar-refractivity contribution is 5.90. The van der Waals surface area contributed by atoms with Crippen LogP contribution in [0.4, 0.5) is 0 Å². The van der Waals surface area contributed by atoms with Crippen LogP contribution in [0.1, 0.15) is 24.4 Å². The Labute approximate surface area is 230 Å². The Balaban J connectivity index is 1.09. The third-order valence-corrected chi connectivity index (χ3v) is 7.87. The molecule has 5 heterocycles. The first-order valence-electron chi connectivity index (χ1n) is 13.6. The molecule has 1 saturated heterocycles. The number of piperidine rings is 1. The largest absolute Gasteiger partial charge is 0.711 e. The molecule has 0 aliphatic carbocycles. The summed E-state index contributed by atoms with van der Waals surface area (Å²) in [6, 6.07) is 28.8. The molecular weight excluding hydrogens is 500 g/mol. The lowest BCUT2D eigenvalue weighted by molar-refractivity contribution is -0.579. The van der Waals surface area contributed by atoms with Crippen LogP contribution in [0.5, 0.6) is 0 Å². The van der Waals surface area contributed by atoms with Crippen molar-refractivity contribution in [2.45, 2.75) is 25.4 Å². The molecule has 2 aromatic carbocycles. The molecule has 1 aliphatic rings. The fourth-order valence-electron chi connectivity index (χ4n) is 5.85. The number of imidazole rings is 1. The molecule has 1 aliphatic heterocycles. The average molecular weight is 529 g/mol. The minimum absolute atomic E-state index is 0.0753. The van der Waals surface area contributed by atoms with Crippen LogP contribution >= 0.6 is 0 Å². The van der Waals surface area contributed by atoms with Gasteiger partial charge in [-0.25, -0.2) is 19.5 Å². The molecule has 1 fully saturated rings. The van der Waals surface area contributed by atoms with E-state index in [0.29, 0.717) is 11.2 Å². The van der Waals surface area contributed by atoms with Gasteiger partial charge >= 0.3 is 11.3 Å². The van der Waals surface area contributed by atoms with Gasteiger partial charge in [0.15, 0.2) is 5.65 Å². The summed E-state index contributed by atoms with van der Waals surface area (Å²) >= 11 is 0. The number of benzene rings is 2. The number of fused-ring (bicyclic) bond motifs is 2. The zero-order valence-electron chi connectivity index (χ0n) is 21.9. The Kier molecular flexibility index (Phi) is 6.09. The Morgan fingerprint density at radius 3 is 2.52 bits per heavy atom. The lowest BCUT2D eigenvalue weighted by atomic mass is 9.97. The molecule has 0 unspecified atom stereocenters. The van der Waals surface area contributed by atoms with E-state index in [1.54, 1.807) is 16.8 Å². The molecule has 4 aromatic heterocycles. The summed E-state index contributed by atoms with van der Waals surface area (Å²) in [5, 5.41) is 13.1. The molecule has 0 saturated carbocycles. The highest BCUT2D eigenvalue weighted by atomic mass is 16.5.